The molecule has 1 atom stereocenters. The van der Waals surface area contributed by atoms with Gasteiger partial charge in [-0.15, -0.1) is 0 Å². The third-order valence-corrected chi connectivity index (χ3v) is 2.17. The summed E-state index contributed by atoms with van der Waals surface area (Å²) >= 11 is 0. The molecule has 0 aliphatic carbocycles. The minimum atomic E-state index is -0.767. The summed E-state index contributed by atoms with van der Waals surface area (Å²) in [5, 5.41) is 8.78. The summed E-state index contributed by atoms with van der Waals surface area (Å²) in [5.41, 5.74) is 0.996. The number of ether oxygens (including phenoxy) is 1. The molecule has 4 heteroatoms. The van der Waals surface area contributed by atoms with Crippen molar-refractivity contribution < 1.29 is 34.1 Å². The van der Waals surface area contributed by atoms with Crippen LogP contribution in [0.1, 0.15) is 19.4 Å². The SMILES string of the molecule is CCOc1cccc(CC(C)C(=O)O)c1.[Zn]. The molecule has 1 N–H and O–H groups in total. The first-order chi connectivity index (χ1) is 7.13. The van der Waals surface area contributed by atoms with E-state index in [1.54, 1.807) is 6.92 Å². The molecule has 0 amide bonds. The van der Waals surface area contributed by atoms with Gasteiger partial charge in [0.05, 0.1) is 12.5 Å². The smallest absolute Gasteiger partial charge is 0.306 e. The molecule has 0 heterocycles. The van der Waals surface area contributed by atoms with E-state index in [2.05, 4.69) is 0 Å². The molecule has 3 nitrogen and oxygen atoms in total. The second-order valence-corrected chi connectivity index (χ2v) is 3.52. The molecule has 1 unspecified atom stereocenters. The Morgan fingerprint density at radius 3 is 2.75 bits per heavy atom. The predicted octanol–water partition coefficient (Wildman–Crippen LogP) is 2.35. The van der Waals surface area contributed by atoms with Crippen molar-refractivity contribution in [3.63, 3.8) is 0 Å². The van der Waals surface area contributed by atoms with Crippen molar-refractivity contribution >= 4 is 5.97 Å². The molecule has 0 saturated carbocycles. The number of hydrogen-bond acceptors (Lipinski definition) is 2. The monoisotopic (exact) mass is 272 g/mol. The number of benzene rings is 1. The van der Waals surface area contributed by atoms with Gasteiger partial charge in [0, 0.05) is 19.5 Å². The van der Waals surface area contributed by atoms with E-state index in [0.717, 1.165) is 11.3 Å². The largest absolute Gasteiger partial charge is 0.494 e. The Kier molecular flexibility index (Phi) is 6.99. The molecule has 1 aromatic carbocycles. The zero-order valence-corrected chi connectivity index (χ0v) is 12.7. The quantitative estimate of drug-likeness (QED) is 0.838. The Labute approximate surface area is 109 Å². The van der Waals surface area contributed by atoms with Gasteiger partial charge in [0.15, 0.2) is 0 Å². The van der Waals surface area contributed by atoms with Crippen molar-refractivity contribution in [3.8, 4) is 5.75 Å². The van der Waals surface area contributed by atoms with Crippen LogP contribution in [0.15, 0.2) is 24.3 Å². The summed E-state index contributed by atoms with van der Waals surface area (Å²) in [6.07, 6.45) is 0.538. The Balaban J connectivity index is 0.00000225. The van der Waals surface area contributed by atoms with E-state index in [4.69, 9.17) is 9.84 Å². The van der Waals surface area contributed by atoms with Gasteiger partial charge >= 0.3 is 5.97 Å². The minimum absolute atomic E-state index is 0. The van der Waals surface area contributed by atoms with Crippen LogP contribution < -0.4 is 4.74 Å². The molecule has 0 spiro atoms. The van der Waals surface area contributed by atoms with Crippen molar-refractivity contribution in [1.29, 1.82) is 0 Å². The summed E-state index contributed by atoms with van der Waals surface area (Å²) in [5.74, 6) is -0.328. The Hall–Kier alpha value is -0.887. The molecule has 0 radical (unpaired) electrons. The summed E-state index contributed by atoms with van der Waals surface area (Å²) in [4.78, 5) is 10.7. The van der Waals surface area contributed by atoms with E-state index >= 15 is 0 Å². The van der Waals surface area contributed by atoms with Gasteiger partial charge in [-0.3, -0.25) is 4.79 Å². The third-order valence-electron chi connectivity index (χ3n) is 2.17. The number of carboxylic acids is 1. The van der Waals surface area contributed by atoms with Crippen LogP contribution in [-0.4, -0.2) is 17.7 Å². The third kappa shape index (κ3) is 4.76. The molecule has 84 valence electrons. The van der Waals surface area contributed by atoms with Crippen LogP contribution in [0.5, 0.6) is 5.75 Å². The van der Waals surface area contributed by atoms with E-state index in [1.807, 2.05) is 31.2 Å². The maximum Gasteiger partial charge on any atom is 0.306 e. The summed E-state index contributed by atoms with van der Waals surface area (Å²) in [7, 11) is 0. The van der Waals surface area contributed by atoms with Crippen molar-refractivity contribution in [2.45, 2.75) is 20.3 Å². The maximum absolute atomic E-state index is 10.7. The van der Waals surface area contributed by atoms with E-state index < -0.39 is 5.97 Å². The zero-order valence-electron chi connectivity index (χ0n) is 9.77. The number of carbonyl (C=O) groups is 1. The molecule has 0 bridgehead atoms. The van der Waals surface area contributed by atoms with Crippen LogP contribution in [0.4, 0.5) is 0 Å². The topological polar surface area (TPSA) is 46.5 Å². The molecule has 0 aliphatic heterocycles. The molecule has 0 aliphatic rings. The first-order valence-corrected chi connectivity index (χ1v) is 5.08. The fourth-order valence-electron chi connectivity index (χ4n) is 1.37. The minimum Gasteiger partial charge on any atom is -0.494 e. The normalized spacial score (nSPS) is 11.4. The van der Waals surface area contributed by atoms with Crippen LogP contribution in [0.2, 0.25) is 0 Å². The van der Waals surface area contributed by atoms with Crippen LogP contribution >= 0.6 is 0 Å². The molecule has 0 fully saturated rings. The van der Waals surface area contributed by atoms with Crippen molar-refractivity contribution in [2.24, 2.45) is 5.92 Å². The Morgan fingerprint density at radius 2 is 2.19 bits per heavy atom. The maximum atomic E-state index is 10.7. The second-order valence-electron chi connectivity index (χ2n) is 3.52. The number of carboxylic acid groups (broad SMARTS) is 1. The van der Waals surface area contributed by atoms with Crippen LogP contribution in [-0.2, 0) is 30.7 Å². The Bertz CT molecular complexity index is 339. The molecule has 0 saturated heterocycles. The molecular weight excluding hydrogens is 258 g/mol. The van der Waals surface area contributed by atoms with Crippen molar-refractivity contribution in [1.82, 2.24) is 0 Å². The average Bonchev–Trinajstić information content (AvgIpc) is 2.18. The van der Waals surface area contributed by atoms with E-state index in [9.17, 15) is 4.79 Å². The van der Waals surface area contributed by atoms with Gasteiger partial charge in [-0.1, -0.05) is 19.1 Å². The second kappa shape index (κ2) is 7.40. The van der Waals surface area contributed by atoms with Crippen LogP contribution in [0.3, 0.4) is 0 Å². The van der Waals surface area contributed by atoms with Gasteiger partial charge in [-0.2, -0.15) is 0 Å². The van der Waals surface area contributed by atoms with E-state index in [-0.39, 0.29) is 25.4 Å². The summed E-state index contributed by atoms with van der Waals surface area (Å²) in [6, 6.07) is 7.57. The fourth-order valence-corrected chi connectivity index (χ4v) is 1.37. The predicted molar refractivity (Wildman–Crippen MR) is 58.1 cm³/mol. The van der Waals surface area contributed by atoms with Gasteiger partial charge in [-0.25, -0.2) is 0 Å². The molecular formula is C12H16O3Zn. The van der Waals surface area contributed by atoms with E-state index in [0.29, 0.717) is 13.0 Å². The van der Waals surface area contributed by atoms with E-state index in [1.165, 1.54) is 0 Å². The molecule has 16 heavy (non-hydrogen) atoms. The number of aliphatic carboxylic acids is 1. The first kappa shape index (κ1) is 15.1. The fraction of sp³-hybridized carbons (Fsp3) is 0.417. The van der Waals surface area contributed by atoms with Crippen molar-refractivity contribution in [2.75, 3.05) is 6.61 Å². The Morgan fingerprint density at radius 1 is 1.50 bits per heavy atom. The first-order valence-electron chi connectivity index (χ1n) is 5.08. The van der Waals surface area contributed by atoms with Gasteiger partial charge < -0.3 is 9.84 Å². The molecule has 1 aromatic rings. The standard InChI is InChI=1S/C12H16O3.Zn/c1-3-15-11-6-4-5-10(8-11)7-9(2)12(13)14;/h4-6,8-9H,3,7H2,1-2H3,(H,13,14);. The van der Waals surface area contributed by atoms with Crippen LogP contribution in [0.25, 0.3) is 0 Å². The van der Waals surface area contributed by atoms with Gasteiger partial charge in [0.25, 0.3) is 0 Å². The number of hydrogen-bond donors (Lipinski definition) is 1. The number of rotatable bonds is 5. The van der Waals surface area contributed by atoms with Gasteiger partial charge in [-0.05, 0) is 31.0 Å². The van der Waals surface area contributed by atoms with Crippen LogP contribution in [0, 0.1) is 5.92 Å². The van der Waals surface area contributed by atoms with Gasteiger partial charge in [0.1, 0.15) is 5.75 Å². The summed E-state index contributed by atoms with van der Waals surface area (Å²) < 4.78 is 5.34. The molecule has 1 rings (SSSR count). The molecule has 0 aromatic heterocycles. The summed E-state index contributed by atoms with van der Waals surface area (Å²) in [6.45, 7) is 4.25. The van der Waals surface area contributed by atoms with Crippen molar-refractivity contribution in [3.05, 3.63) is 29.8 Å². The zero-order chi connectivity index (χ0) is 11.3. The van der Waals surface area contributed by atoms with Gasteiger partial charge in [0.2, 0.25) is 0 Å². The average molecular weight is 274 g/mol.